The molecule has 0 bridgehead atoms. The molecule has 0 saturated carbocycles. The molecule has 4 aromatic rings. The fraction of sp³-hybridized carbons (Fsp3) is 0.375. The van der Waals surface area contributed by atoms with Crippen molar-refractivity contribution in [1.82, 2.24) is 15.0 Å². The van der Waals surface area contributed by atoms with Crippen molar-refractivity contribution in [3.8, 4) is 5.75 Å². The zero-order chi connectivity index (χ0) is 20.7. The minimum atomic E-state index is 0.615. The Hall–Kier alpha value is -2.18. The van der Waals surface area contributed by atoms with E-state index in [4.69, 9.17) is 14.7 Å². The lowest BCUT2D eigenvalue weighted by Gasteiger charge is -2.11. The van der Waals surface area contributed by atoms with Crippen molar-refractivity contribution in [1.29, 1.82) is 0 Å². The average molecular weight is 436 g/mol. The Labute approximate surface area is 185 Å². The lowest BCUT2D eigenvalue weighted by atomic mass is 9.99. The summed E-state index contributed by atoms with van der Waals surface area (Å²) in [7, 11) is 1.69. The smallest absolute Gasteiger partial charge is 0.126 e. The second-order valence-corrected chi connectivity index (χ2v) is 10.2. The summed E-state index contributed by atoms with van der Waals surface area (Å²) in [6.07, 6.45) is 6.29. The molecule has 1 aromatic carbocycles. The topological polar surface area (TPSA) is 47.9 Å². The maximum atomic E-state index is 5.26. The second kappa shape index (κ2) is 8.16. The third-order valence-corrected chi connectivity index (χ3v) is 7.93. The lowest BCUT2D eigenvalue weighted by Crippen LogP contribution is -2.03. The Morgan fingerprint density at radius 2 is 1.90 bits per heavy atom. The highest BCUT2D eigenvalue weighted by Gasteiger charge is 2.24. The monoisotopic (exact) mass is 435 g/mol. The quantitative estimate of drug-likeness (QED) is 0.265. The molecule has 154 valence electrons. The number of methoxy groups -OCH3 is 1. The largest absolute Gasteiger partial charge is 0.497 e. The van der Waals surface area contributed by atoms with Crippen LogP contribution in [0.5, 0.6) is 5.75 Å². The summed E-state index contributed by atoms with van der Waals surface area (Å²) in [5, 5.41) is 2.33. The van der Waals surface area contributed by atoms with Crippen LogP contribution in [0.15, 0.2) is 35.6 Å². The number of aryl methyl sites for hydroxylation is 1. The van der Waals surface area contributed by atoms with Crippen molar-refractivity contribution in [2.24, 2.45) is 5.92 Å². The minimum Gasteiger partial charge on any atom is -0.497 e. The molecule has 0 spiro atoms. The van der Waals surface area contributed by atoms with E-state index in [1.54, 1.807) is 36.5 Å². The van der Waals surface area contributed by atoms with Gasteiger partial charge in [0.05, 0.1) is 17.3 Å². The third kappa shape index (κ3) is 3.56. The molecule has 0 unspecified atom stereocenters. The van der Waals surface area contributed by atoms with Crippen LogP contribution in [0.3, 0.4) is 0 Å². The van der Waals surface area contributed by atoms with Crippen molar-refractivity contribution in [2.75, 3.05) is 7.11 Å². The SMILES string of the molecule is COc1ccc(CSc2ncnc3c2sc2nc(CC(C)C)c4c(c23)CCC4)cc1. The zero-order valence-electron chi connectivity index (χ0n) is 17.6. The maximum Gasteiger partial charge on any atom is 0.126 e. The number of rotatable bonds is 6. The normalized spacial score (nSPS) is 13.5. The van der Waals surface area contributed by atoms with E-state index in [0.717, 1.165) is 46.1 Å². The van der Waals surface area contributed by atoms with Crippen molar-refractivity contribution in [3.63, 3.8) is 0 Å². The van der Waals surface area contributed by atoms with Gasteiger partial charge in [0.1, 0.15) is 21.9 Å². The molecule has 3 heterocycles. The number of hydrogen-bond donors (Lipinski definition) is 0. The van der Waals surface area contributed by atoms with Gasteiger partial charge in [-0.15, -0.1) is 23.1 Å². The van der Waals surface area contributed by atoms with Gasteiger partial charge in [-0.3, -0.25) is 0 Å². The predicted octanol–water partition coefficient (Wildman–Crippen LogP) is 6.23. The summed E-state index contributed by atoms with van der Waals surface area (Å²) in [6, 6.07) is 8.24. The van der Waals surface area contributed by atoms with Crippen LogP contribution in [0.2, 0.25) is 0 Å². The lowest BCUT2D eigenvalue weighted by molar-refractivity contribution is 0.414. The molecule has 1 aliphatic rings. The van der Waals surface area contributed by atoms with Gasteiger partial charge in [-0.25, -0.2) is 15.0 Å². The van der Waals surface area contributed by atoms with Gasteiger partial charge in [0.2, 0.25) is 0 Å². The van der Waals surface area contributed by atoms with E-state index in [0.29, 0.717) is 5.92 Å². The first-order valence-electron chi connectivity index (χ1n) is 10.5. The Morgan fingerprint density at radius 1 is 1.10 bits per heavy atom. The number of ether oxygens (including phenoxy) is 1. The summed E-state index contributed by atoms with van der Waals surface area (Å²) in [5.41, 5.74) is 6.63. The molecule has 3 aromatic heterocycles. The number of thiophene rings is 1. The first kappa shape index (κ1) is 19.8. The standard InChI is InChI=1S/C24H25N3OS2/c1-14(2)11-19-17-5-4-6-18(17)20-21-22(30-23(20)27-19)24(26-13-25-21)29-12-15-7-9-16(28-3)10-8-15/h7-10,13-14H,4-6,11-12H2,1-3H3. The molecule has 0 atom stereocenters. The number of thioether (sulfide) groups is 1. The third-order valence-electron chi connectivity index (χ3n) is 5.66. The molecule has 0 N–H and O–H groups in total. The highest BCUT2D eigenvalue weighted by Crippen LogP contribution is 2.42. The minimum absolute atomic E-state index is 0.615. The molecule has 1 aliphatic carbocycles. The highest BCUT2D eigenvalue weighted by molar-refractivity contribution is 7.98. The van der Waals surface area contributed by atoms with Crippen LogP contribution in [0.1, 0.15) is 42.7 Å². The van der Waals surface area contributed by atoms with Crippen LogP contribution in [0, 0.1) is 5.92 Å². The van der Waals surface area contributed by atoms with Gasteiger partial charge in [-0.05, 0) is 60.4 Å². The van der Waals surface area contributed by atoms with E-state index >= 15 is 0 Å². The number of benzene rings is 1. The maximum absolute atomic E-state index is 5.26. The van der Waals surface area contributed by atoms with Gasteiger partial charge in [0.15, 0.2) is 0 Å². The Kier molecular flexibility index (Phi) is 5.37. The van der Waals surface area contributed by atoms with Crippen LogP contribution in [0.4, 0.5) is 0 Å². The summed E-state index contributed by atoms with van der Waals surface area (Å²) in [4.78, 5) is 15.6. The fourth-order valence-corrected chi connectivity index (χ4v) is 6.50. The number of nitrogens with zero attached hydrogens (tertiary/aromatic N) is 3. The van der Waals surface area contributed by atoms with Crippen molar-refractivity contribution in [3.05, 3.63) is 53.0 Å². The highest BCUT2D eigenvalue weighted by atomic mass is 32.2. The van der Waals surface area contributed by atoms with Gasteiger partial charge < -0.3 is 4.74 Å². The van der Waals surface area contributed by atoms with Crippen molar-refractivity contribution >= 4 is 43.5 Å². The molecule has 0 fully saturated rings. The van der Waals surface area contributed by atoms with E-state index in [1.165, 1.54) is 38.9 Å². The summed E-state index contributed by atoms with van der Waals surface area (Å²) in [6.45, 7) is 4.55. The van der Waals surface area contributed by atoms with Crippen LogP contribution in [0.25, 0.3) is 20.4 Å². The van der Waals surface area contributed by atoms with E-state index in [-0.39, 0.29) is 0 Å². The molecule has 0 aliphatic heterocycles. The predicted molar refractivity (Wildman–Crippen MR) is 126 cm³/mol. The van der Waals surface area contributed by atoms with Crippen LogP contribution in [-0.4, -0.2) is 22.1 Å². The van der Waals surface area contributed by atoms with Crippen molar-refractivity contribution < 1.29 is 4.74 Å². The van der Waals surface area contributed by atoms with Crippen LogP contribution in [-0.2, 0) is 25.0 Å². The fourth-order valence-electron chi connectivity index (χ4n) is 4.29. The van der Waals surface area contributed by atoms with Crippen LogP contribution >= 0.6 is 23.1 Å². The van der Waals surface area contributed by atoms with Gasteiger partial charge in [0, 0.05) is 16.8 Å². The second-order valence-electron chi connectivity index (χ2n) is 8.24. The first-order chi connectivity index (χ1) is 14.6. The Bertz CT molecular complexity index is 1220. The van der Waals surface area contributed by atoms with Crippen LogP contribution < -0.4 is 4.74 Å². The number of fused-ring (bicyclic) bond motifs is 5. The van der Waals surface area contributed by atoms with Gasteiger partial charge in [-0.2, -0.15) is 0 Å². The number of pyridine rings is 1. The number of hydrogen-bond acceptors (Lipinski definition) is 6. The summed E-state index contributed by atoms with van der Waals surface area (Å²) >= 11 is 3.53. The van der Waals surface area contributed by atoms with Crippen molar-refractivity contribution in [2.45, 2.75) is 50.3 Å². The molecule has 0 radical (unpaired) electrons. The van der Waals surface area contributed by atoms with E-state index in [1.807, 2.05) is 12.1 Å². The summed E-state index contributed by atoms with van der Waals surface area (Å²) in [5.74, 6) is 2.37. The zero-order valence-corrected chi connectivity index (χ0v) is 19.2. The average Bonchev–Trinajstić information content (AvgIpc) is 3.37. The molecule has 5 rings (SSSR count). The van der Waals surface area contributed by atoms with Gasteiger partial charge in [-0.1, -0.05) is 26.0 Å². The van der Waals surface area contributed by atoms with Gasteiger partial charge in [0.25, 0.3) is 0 Å². The Morgan fingerprint density at radius 3 is 2.67 bits per heavy atom. The molecular formula is C24H25N3OS2. The molecule has 4 nitrogen and oxygen atoms in total. The molecule has 0 amide bonds. The van der Waals surface area contributed by atoms with Gasteiger partial charge >= 0.3 is 0 Å². The molecule has 0 saturated heterocycles. The first-order valence-corrected chi connectivity index (χ1v) is 12.3. The Balaban J connectivity index is 1.55. The molecular weight excluding hydrogens is 410 g/mol. The summed E-state index contributed by atoms with van der Waals surface area (Å²) < 4.78 is 6.44. The molecule has 6 heteroatoms. The van der Waals surface area contributed by atoms with E-state index in [9.17, 15) is 0 Å². The number of aromatic nitrogens is 3. The van der Waals surface area contributed by atoms with E-state index < -0.39 is 0 Å². The van der Waals surface area contributed by atoms with E-state index in [2.05, 4.69) is 31.0 Å². The molecule has 30 heavy (non-hydrogen) atoms.